The number of rotatable bonds is 8. The molecule has 1 unspecified atom stereocenters. The summed E-state index contributed by atoms with van der Waals surface area (Å²) in [7, 11) is 0. The van der Waals surface area contributed by atoms with E-state index < -0.39 is 0 Å². The van der Waals surface area contributed by atoms with Crippen LogP contribution in [-0.2, 0) is 20.9 Å². The Labute approximate surface area is 201 Å². The van der Waals surface area contributed by atoms with Crippen molar-refractivity contribution in [2.24, 2.45) is 0 Å². The maximum Gasteiger partial charge on any atom is 0.254 e. The average Bonchev–Trinajstić information content (AvgIpc) is 3.48. The van der Waals surface area contributed by atoms with Crippen LogP contribution in [0.5, 0.6) is 0 Å². The van der Waals surface area contributed by atoms with Crippen molar-refractivity contribution < 1.29 is 19.1 Å². The van der Waals surface area contributed by atoms with Gasteiger partial charge in [-0.2, -0.15) is 0 Å². The Kier molecular flexibility index (Phi) is 7.63. The number of carbonyl (C=O) groups is 3. The van der Waals surface area contributed by atoms with Crippen LogP contribution in [0.15, 0.2) is 42.5 Å². The van der Waals surface area contributed by atoms with Crippen LogP contribution in [0, 0.1) is 13.8 Å². The van der Waals surface area contributed by atoms with Crippen molar-refractivity contribution in [1.82, 2.24) is 9.80 Å². The molecule has 2 aromatic carbocycles. The van der Waals surface area contributed by atoms with Gasteiger partial charge in [0.25, 0.3) is 5.91 Å². The molecule has 2 aliphatic heterocycles. The molecule has 2 saturated heterocycles. The van der Waals surface area contributed by atoms with Crippen molar-refractivity contribution in [2.75, 3.05) is 31.6 Å². The van der Waals surface area contributed by atoms with Crippen LogP contribution in [-0.4, -0.2) is 59.9 Å². The van der Waals surface area contributed by atoms with E-state index >= 15 is 0 Å². The third-order valence-corrected chi connectivity index (χ3v) is 6.67. The van der Waals surface area contributed by atoms with Gasteiger partial charge in [0.05, 0.1) is 6.10 Å². The highest BCUT2D eigenvalue weighted by Gasteiger charge is 2.26. The van der Waals surface area contributed by atoms with Crippen LogP contribution < -0.4 is 5.32 Å². The summed E-state index contributed by atoms with van der Waals surface area (Å²) in [6, 6.07) is 13.1. The third kappa shape index (κ3) is 5.83. The lowest BCUT2D eigenvalue weighted by atomic mass is 10.1. The number of hydrogen-bond acceptors (Lipinski definition) is 4. The number of amides is 3. The second-order valence-electron chi connectivity index (χ2n) is 9.24. The van der Waals surface area contributed by atoms with Gasteiger partial charge in [-0.1, -0.05) is 24.3 Å². The molecule has 2 fully saturated rings. The fraction of sp³-hybridized carbons (Fsp3) is 0.444. The lowest BCUT2D eigenvalue weighted by Gasteiger charge is -2.26. The number of anilines is 1. The summed E-state index contributed by atoms with van der Waals surface area (Å²) in [4.78, 5) is 41.9. The minimum absolute atomic E-state index is 0.0546. The third-order valence-electron chi connectivity index (χ3n) is 6.67. The number of carbonyl (C=O) groups excluding carboxylic acids is 3. The number of benzene rings is 2. The SMILES string of the molecule is Cc1cccc(NC(=O)CN(CC2CCCO2)C(=O)c2cccc(CN3CCCC3=O)c2)c1C. The summed E-state index contributed by atoms with van der Waals surface area (Å²) >= 11 is 0. The van der Waals surface area contributed by atoms with Gasteiger partial charge in [-0.25, -0.2) is 0 Å². The number of nitrogens with one attached hydrogen (secondary N) is 1. The molecule has 180 valence electrons. The predicted molar refractivity (Wildman–Crippen MR) is 131 cm³/mol. The average molecular weight is 464 g/mol. The maximum atomic E-state index is 13.5. The molecule has 1 N–H and O–H groups in total. The molecule has 0 radical (unpaired) electrons. The first kappa shape index (κ1) is 24.0. The first-order valence-corrected chi connectivity index (χ1v) is 12.0. The highest BCUT2D eigenvalue weighted by molar-refractivity contribution is 5.99. The summed E-state index contributed by atoms with van der Waals surface area (Å²) in [5.41, 5.74) is 4.29. The fourth-order valence-corrected chi connectivity index (χ4v) is 4.58. The fourth-order valence-electron chi connectivity index (χ4n) is 4.58. The standard InChI is InChI=1S/C27H33N3O4/c1-19-7-3-11-24(20(19)2)28-25(31)18-30(17-23-10-6-14-34-23)27(33)22-9-4-8-21(15-22)16-29-13-5-12-26(29)32/h3-4,7-9,11,15,23H,5-6,10,12-14,16-18H2,1-2H3,(H,28,31). The summed E-state index contributed by atoms with van der Waals surface area (Å²) in [6.07, 6.45) is 3.23. The van der Waals surface area contributed by atoms with E-state index in [4.69, 9.17) is 4.74 Å². The normalized spacial score (nSPS) is 17.8. The Bertz CT molecular complexity index is 1060. The van der Waals surface area contributed by atoms with Crippen molar-refractivity contribution in [1.29, 1.82) is 0 Å². The minimum atomic E-state index is -0.237. The quantitative estimate of drug-likeness (QED) is 0.648. The molecule has 0 bridgehead atoms. The van der Waals surface area contributed by atoms with Crippen molar-refractivity contribution in [3.05, 3.63) is 64.7 Å². The second kappa shape index (κ2) is 10.8. The Balaban J connectivity index is 1.49. The molecule has 7 nitrogen and oxygen atoms in total. The van der Waals surface area contributed by atoms with Crippen LogP contribution in [0.3, 0.4) is 0 Å². The maximum absolute atomic E-state index is 13.5. The van der Waals surface area contributed by atoms with Gasteiger partial charge in [-0.15, -0.1) is 0 Å². The van der Waals surface area contributed by atoms with E-state index in [1.807, 2.05) is 55.1 Å². The largest absolute Gasteiger partial charge is 0.376 e. The zero-order valence-corrected chi connectivity index (χ0v) is 20.0. The van der Waals surface area contributed by atoms with E-state index in [2.05, 4.69) is 5.32 Å². The Morgan fingerprint density at radius 3 is 2.71 bits per heavy atom. The van der Waals surface area contributed by atoms with Crippen LogP contribution in [0.2, 0.25) is 0 Å². The molecule has 1 atom stereocenters. The summed E-state index contributed by atoms with van der Waals surface area (Å²) in [5, 5.41) is 2.96. The molecule has 2 aromatic rings. The smallest absolute Gasteiger partial charge is 0.254 e. The van der Waals surface area contributed by atoms with Gasteiger partial charge < -0.3 is 19.9 Å². The summed E-state index contributed by atoms with van der Waals surface area (Å²) < 4.78 is 5.76. The van der Waals surface area contributed by atoms with Crippen molar-refractivity contribution in [3.8, 4) is 0 Å². The predicted octanol–water partition coefficient (Wildman–Crippen LogP) is 3.69. The van der Waals surface area contributed by atoms with Gasteiger partial charge in [0.2, 0.25) is 11.8 Å². The number of hydrogen-bond donors (Lipinski definition) is 1. The molecule has 34 heavy (non-hydrogen) atoms. The molecule has 0 spiro atoms. The first-order chi connectivity index (χ1) is 16.4. The van der Waals surface area contributed by atoms with Crippen LogP contribution >= 0.6 is 0 Å². The van der Waals surface area contributed by atoms with E-state index in [1.54, 1.807) is 11.0 Å². The van der Waals surface area contributed by atoms with Crippen LogP contribution in [0.4, 0.5) is 5.69 Å². The van der Waals surface area contributed by atoms with Gasteiger partial charge in [0.1, 0.15) is 6.54 Å². The Morgan fingerprint density at radius 1 is 1.15 bits per heavy atom. The van der Waals surface area contributed by atoms with Crippen molar-refractivity contribution >= 4 is 23.4 Å². The molecule has 0 aromatic heterocycles. The van der Waals surface area contributed by atoms with E-state index in [0.29, 0.717) is 31.7 Å². The molecular weight excluding hydrogens is 430 g/mol. The van der Waals surface area contributed by atoms with Crippen LogP contribution in [0.1, 0.15) is 52.7 Å². The van der Waals surface area contributed by atoms with Gasteiger partial charge in [-0.05, 0) is 68.0 Å². The van der Waals surface area contributed by atoms with Crippen molar-refractivity contribution in [2.45, 2.75) is 52.2 Å². The van der Waals surface area contributed by atoms with Crippen molar-refractivity contribution in [3.63, 3.8) is 0 Å². The molecule has 2 aliphatic rings. The van der Waals surface area contributed by atoms with Gasteiger partial charge in [-0.3, -0.25) is 14.4 Å². The molecule has 0 aliphatic carbocycles. The van der Waals surface area contributed by atoms with E-state index in [0.717, 1.165) is 48.2 Å². The molecule has 3 amide bonds. The highest BCUT2D eigenvalue weighted by Crippen LogP contribution is 2.20. The Morgan fingerprint density at radius 2 is 1.97 bits per heavy atom. The lowest BCUT2D eigenvalue weighted by Crippen LogP contribution is -2.42. The van der Waals surface area contributed by atoms with Crippen LogP contribution in [0.25, 0.3) is 0 Å². The molecule has 7 heteroatoms. The zero-order chi connectivity index (χ0) is 24.1. The monoisotopic (exact) mass is 463 g/mol. The van der Waals surface area contributed by atoms with E-state index in [-0.39, 0.29) is 30.4 Å². The minimum Gasteiger partial charge on any atom is -0.376 e. The molecule has 4 rings (SSSR count). The van der Waals surface area contributed by atoms with E-state index in [9.17, 15) is 14.4 Å². The molecule has 2 heterocycles. The van der Waals surface area contributed by atoms with Gasteiger partial charge in [0.15, 0.2) is 0 Å². The number of likely N-dealkylation sites (tertiary alicyclic amines) is 1. The zero-order valence-electron chi connectivity index (χ0n) is 20.0. The topological polar surface area (TPSA) is 79.0 Å². The van der Waals surface area contributed by atoms with Gasteiger partial charge in [0, 0.05) is 43.9 Å². The molecular formula is C27H33N3O4. The first-order valence-electron chi connectivity index (χ1n) is 12.0. The number of ether oxygens (including phenoxy) is 1. The van der Waals surface area contributed by atoms with Gasteiger partial charge >= 0.3 is 0 Å². The second-order valence-corrected chi connectivity index (χ2v) is 9.24. The summed E-state index contributed by atoms with van der Waals surface area (Å²) in [6.45, 7) is 6.22. The highest BCUT2D eigenvalue weighted by atomic mass is 16.5. The number of aryl methyl sites for hydroxylation is 1. The Hall–Kier alpha value is -3.19. The molecule has 0 saturated carbocycles. The lowest BCUT2D eigenvalue weighted by molar-refractivity contribution is -0.128. The number of nitrogens with zero attached hydrogens (tertiary/aromatic N) is 2. The van der Waals surface area contributed by atoms with E-state index in [1.165, 1.54) is 0 Å². The summed E-state index contributed by atoms with van der Waals surface area (Å²) in [5.74, 6) is -0.292.